The van der Waals surface area contributed by atoms with Crippen LogP contribution in [-0.2, 0) is 11.2 Å². The van der Waals surface area contributed by atoms with E-state index in [0.29, 0.717) is 13.1 Å². The van der Waals surface area contributed by atoms with Gasteiger partial charge in [-0.15, -0.1) is 13.2 Å². The second kappa shape index (κ2) is 9.89. The molecule has 150 valence electrons. The van der Waals surface area contributed by atoms with E-state index in [4.69, 9.17) is 0 Å². The Hall–Kier alpha value is -3.11. The Morgan fingerprint density at radius 3 is 2.38 bits per heavy atom. The van der Waals surface area contributed by atoms with E-state index in [2.05, 4.69) is 59.1 Å². The van der Waals surface area contributed by atoms with Crippen LogP contribution in [0.4, 0.5) is 5.69 Å². The fourth-order valence-corrected chi connectivity index (χ4v) is 3.90. The molecule has 0 fully saturated rings. The van der Waals surface area contributed by atoms with Crippen LogP contribution in [0.1, 0.15) is 17.2 Å². The third-order valence-electron chi connectivity index (χ3n) is 5.25. The molecule has 0 aromatic heterocycles. The number of hydrogen-bond donors (Lipinski definition) is 1. The standard InChI is InChI=1S/C25H29N3O/c1-4-17-27(18-5-2)23(6-3)26-25(29)24-22-15-11-10-12-20(22)16-19-28(24)21-13-8-7-9-14-21/h4-15,23-24H,1-3,16-19H2,(H,26,29). The van der Waals surface area contributed by atoms with E-state index < -0.39 is 0 Å². The summed E-state index contributed by atoms with van der Waals surface area (Å²) in [5, 5.41) is 3.18. The number of carbonyl (C=O) groups is 1. The van der Waals surface area contributed by atoms with Crippen molar-refractivity contribution in [3.63, 3.8) is 0 Å². The van der Waals surface area contributed by atoms with Gasteiger partial charge in [0.25, 0.3) is 0 Å². The average molecular weight is 388 g/mol. The molecule has 0 saturated carbocycles. The zero-order chi connectivity index (χ0) is 20.6. The van der Waals surface area contributed by atoms with Gasteiger partial charge in [-0.1, -0.05) is 67.3 Å². The van der Waals surface area contributed by atoms with Crippen molar-refractivity contribution in [2.24, 2.45) is 0 Å². The van der Waals surface area contributed by atoms with E-state index in [-0.39, 0.29) is 18.1 Å². The van der Waals surface area contributed by atoms with Crippen LogP contribution in [0.15, 0.2) is 92.6 Å². The summed E-state index contributed by atoms with van der Waals surface area (Å²) in [5.41, 5.74) is 3.33. The number of para-hydroxylation sites is 1. The third kappa shape index (κ3) is 4.66. The Morgan fingerprint density at radius 1 is 1.07 bits per heavy atom. The van der Waals surface area contributed by atoms with Crippen LogP contribution in [0.5, 0.6) is 0 Å². The molecule has 2 atom stereocenters. The van der Waals surface area contributed by atoms with Crippen molar-refractivity contribution in [1.82, 2.24) is 10.2 Å². The number of nitrogens with one attached hydrogen (secondary N) is 1. The summed E-state index contributed by atoms with van der Waals surface area (Å²) in [4.78, 5) is 17.8. The highest BCUT2D eigenvalue weighted by molar-refractivity contribution is 5.88. The molecule has 0 bridgehead atoms. The summed E-state index contributed by atoms with van der Waals surface area (Å²) in [7, 11) is 0. The molecule has 1 heterocycles. The second-order valence-electron chi connectivity index (χ2n) is 7.10. The SMILES string of the molecule is C=CCN(CC=C)C(C=C)NC(=O)C1c2ccccc2CCN1c1ccccc1. The largest absolute Gasteiger partial charge is 0.356 e. The zero-order valence-corrected chi connectivity index (χ0v) is 16.8. The number of benzene rings is 2. The van der Waals surface area contributed by atoms with Crippen molar-refractivity contribution in [1.29, 1.82) is 0 Å². The first-order valence-electron chi connectivity index (χ1n) is 9.97. The van der Waals surface area contributed by atoms with Crippen LogP contribution in [0, 0.1) is 0 Å². The summed E-state index contributed by atoms with van der Waals surface area (Å²) in [5.74, 6) is -0.0379. The molecule has 29 heavy (non-hydrogen) atoms. The molecule has 4 nitrogen and oxygen atoms in total. The van der Waals surface area contributed by atoms with E-state index in [1.165, 1.54) is 5.56 Å². The van der Waals surface area contributed by atoms with Gasteiger partial charge in [-0.3, -0.25) is 9.69 Å². The molecule has 1 N–H and O–H groups in total. The van der Waals surface area contributed by atoms with Crippen molar-refractivity contribution in [3.05, 3.63) is 104 Å². The maximum Gasteiger partial charge on any atom is 0.248 e. The van der Waals surface area contributed by atoms with Crippen molar-refractivity contribution < 1.29 is 4.79 Å². The highest BCUT2D eigenvalue weighted by Gasteiger charge is 2.34. The molecule has 0 radical (unpaired) electrons. The molecule has 0 spiro atoms. The molecule has 2 aromatic rings. The van der Waals surface area contributed by atoms with Crippen LogP contribution in [0.3, 0.4) is 0 Å². The molecule has 2 unspecified atom stereocenters. The van der Waals surface area contributed by atoms with Crippen molar-refractivity contribution in [3.8, 4) is 0 Å². The maximum atomic E-state index is 13.5. The smallest absolute Gasteiger partial charge is 0.248 e. The molecule has 0 saturated heterocycles. The number of nitrogens with zero attached hydrogens (tertiary/aromatic N) is 2. The van der Waals surface area contributed by atoms with Crippen LogP contribution in [0.25, 0.3) is 0 Å². The lowest BCUT2D eigenvalue weighted by Crippen LogP contribution is -2.52. The number of amides is 1. The molecule has 2 aromatic carbocycles. The van der Waals surface area contributed by atoms with Gasteiger partial charge in [-0.05, 0) is 29.7 Å². The minimum atomic E-state index is -0.390. The van der Waals surface area contributed by atoms with E-state index in [1.54, 1.807) is 6.08 Å². The first kappa shape index (κ1) is 20.6. The van der Waals surface area contributed by atoms with Gasteiger partial charge in [0.15, 0.2) is 0 Å². The predicted octanol–water partition coefficient (Wildman–Crippen LogP) is 4.09. The first-order valence-corrected chi connectivity index (χ1v) is 9.97. The van der Waals surface area contributed by atoms with Crippen molar-refractivity contribution in [2.45, 2.75) is 18.6 Å². The summed E-state index contributed by atoms with van der Waals surface area (Å²) >= 11 is 0. The maximum absolute atomic E-state index is 13.5. The lowest BCUT2D eigenvalue weighted by molar-refractivity contribution is -0.124. The zero-order valence-electron chi connectivity index (χ0n) is 16.8. The number of rotatable bonds is 9. The number of fused-ring (bicyclic) bond motifs is 1. The minimum absolute atomic E-state index is 0.0379. The lowest BCUT2D eigenvalue weighted by Gasteiger charge is -2.39. The van der Waals surface area contributed by atoms with Gasteiger partial charge in [0.1, 0.15) is 12.2 Å². The molecule has 1 amide bonds. The number of anilines is 1. The fourth-order valence-electron chi connectivity index (χ4n) is 3.90. The Labute approximate surface area is 173 Å². The van der Waals surface area contributed by atoms with Crippen LogP contribution < -0.4 is 10.2 Å². The summed E-state index contributed by atoms with van der Waals surface area (Å²) in [6.07, 6.45) is 6.01. The van der Waals surface area contributed by atoms with Gasteiger partial charge in [-0.25, -0.2) is 0 Å². The van der Waals surface area contributed by atoms with Crippen molar-refractivity contribution in [2.75, 3.05) is 24.5 Å². The number of carbonyl (C=O) groups excluding carboxylic acids is 1. The average Bonchev–Trinajstić information content (AvgIpc) is 2.77. The van der Waals surface area contributed by atoms with Gasteiger partial charge in [-0.2, -0.15) is 0 Å². The Kier molecular flexibility index (Phi) is 7.04. The van der Waals surface area contributed by atoms with Crippen LogP contribution in [-0.4, -0.2) is 36.6 Å². The van der Waals surface area contributed by atoms with Gasteiger partial charge in [0, 0.05) is 25.3 Å². The van der Waals surface area contributed by atoms with Gasteiger partial charge < -0.3 is 10.2 Å². The molecule has 0 aliphatic carbocycles. The monoisotopic (exact) mass is 387 g/mol. The van der Waals surface area contributed by atoms with E-state index in [1.807, 2.05) is 42.5 Å². The van der Waals surface area contributed by atoms with Crippen LogP contribution in [0.2, 0.25) is 0 Å². The predicted molar refractivity (Wildman–Crippen MR) is 121 cm³/mol. The fraction of sp³-hybridized carbons (Fsp3) is 0.240. The topological polar surface area (TPSA) is 35.6 Å². The summed E-state index contributed by atoms with van der Waals surface area (Å²) in [6, 6.07) is 17.9. The Bertz CT molecular complexity index is 851. The molecule has 1 aliphatic heterocycles. The quantitative estimate of drug-likeness (QED) is 0.520. The molecular weight excluding hydrogens is 358 g/mol. The van der Waals surface area contributed by atoms with Gasteiger partial charge in [0.05, 0.1) is 0 Å². The van der Waals surface area contributed by atoms with E-state index >= 15 is 0 Å². The summed E-state index contributed by atoms with van der Waals surface area (Å²) in [6.45, 7) is 13.6. The van der Waals surface area contributed by atoms with Crippen LogP contribution >= 0.6 is 0 Å². The number of hydrogen-bond acceptors (Lipinski definition) is 3. The first-order chi connectivity index (χ1) is 14.2. The normalized spacial score (nSPS) is 16.6. The van der Waals surface area contributed by atoms with Gasteiger partial charge >= 0.3 is 0 Å². The minimum Gasteiger partial charge on any atom is -0.356 e. The highest BCUT2D eigenvalue weighted by atomic mass is 16.2. The lowest BCUT2D eigenvalue weighted by atomic mass is 9.91. The van der Waals surface area contributed by atoms with E-state index in [0.717, 1.165) is 24.2 Å². The molecule has 3 rings (SSSR count). The Morgan fingerprint density at radius 2 is 1.72 bits per heavy atom. The second-order valence-corrected chi connectivity index (χ2v) is 7.10. The third-order valence-corrected chi connectivity index (χ3v) is 5.25. The summed E-state index contributed by atoms with van der Waals surface area (Å²) < 4.78 is 0. The Balaban J connectivity index is 1.92. The molecule has 1 aliphatic rings. The van der Waals surface area contributed by atoms with Crippen molar-refractivity contribution >= 4 is 11.6 Å². The molecular formula is C25H29N3O. The molecule has 4 heteroatoms. The van der Waals surface area contributed by atoms with E-state index in [9.17, 15) is 4.79 Å². The highest BCUT2D eigenvalue weighted by Crippen LogP contribution is 2.34. The van der Waals surface area contributed by atoms with Gasteiger partial charge in [0.2, 0.25) is 5.91 Å².